The summed E-state index contributed by atoms with van der Waals surface area (Å²) in [6.07, 6.45) is 0. The molecule has 0 aromatic heterocycles. The first-order chi connectivity index (χ1) is 13.3. The third-order valence-electron chi connectivity index (χ3n) is 3.90. The number of nitro groups is 1. The van der Waals surface area contributed by atoms with Gasteiger partial charge in [0.05, 0.1) is 10.2 Å². The van der Waals surface area contributed by atoms with Crippen LogP contribution in [0.3, 0.4) is 0 Å². The van der Waals surface area contributed by atoms with Crippen LogP contribution < -0.4 is 10.1 Å². The van der Waals surface area contributed by atoms with E-state index in [0.29, 0.717) is 13.2 Å². The number of nitrogens with one attached hydrogen (secondary N) is 1. The normalized spacial score (nSPS) is 11.9. The summed E-state index contributed by atoms with van der Waals surface area (Å²) in [7, 11) is 3.98. The van der Waals surface area contributed by atoms with E-state index in [1.54, 1.807) is 12.1 Å². The molecule has 0 aliphatic carbocycles. The van der Waals surface area contributed by atoms with Crippen molar-refractivity contribution in [3.05, 3.63) is 64.2 Å². The highest BCUT2D eigenvalue weighted by Gasteiger charge is 2.15. The van der Waals surface area contributed by atoms with Crippen LogP contribution in [-0.2, 0) is 11.3 Å². The molecule has 0 aliphatic heterocycles. The molecule has 150 valence electrons. The maximum Gasteiger partial charge on any atom is 0.269 e. The lowest BCUT2D eigenvalue weighted by atomic mass is 10.2. The third-order valence-corrected chi connectivity index (χ3v) is 5.01. The van der Waals surface area contributed by atoms with E-state index in [1.807, 2.05) is 50.2 Å². The standard InChI is InChI=1S/C20H25N3O4S/c1-15(28-19-9-7-17(8-10-19)23(25)26)20(24)21-14-16-5-4-6-18(13-16)27-12-11-22(2)3/h4-10,13,15H,11-12,14H2,1-3H3,(H,21,24). The maximum absolute atomic E-state index is 12.4. The number of carbonyl (C=O) groups is 1. The molecule has 0 bridgehead atoms. The Bertz CT molecular complexity index is 796. The van der Waals surface area contributed by atoms with E-state index >= 15 is 0 Å². The van der Waals surface area contributed by atoms with E-state index in [4.69, 9.17) is 4.74 Å². The van der Waals surface area contributed by atoms with E-state index in [9.17, 15) is 14.9 Å². The van der Waals surface area contributed by atoms with Crippen LogP contribution >= 0.6 is 11.8 Å². The van der Waals surface area contributed by atoms with Crippen molar-refractivity contribution in [3.8, 4) is 5.75 Å². The average molecular weight is 404 g/mol. The van der Waals surface area contributed by atoms with Gasteiger partial charge in [0, 0.05) is 30.1 Å². The summed E-state index contributed by atoms with van der Waals surface area (Å²) in [6, 6.07) is 13.8. The van der Waals surface area contributed by atoms with Crippen molar-refractivity contribution in [1.29, 1.82) is 0 Å². The molecule has 7 nitrogen and oxygen atoms in total. The highest BCUT2D eigenvalue weighted by Crippen LogP contribution is 2.25. The Labute approximate surface area is 169 Å². The topological polar surface area (TPSA) is 84.7 Å². The van der Waals surface area contributed by atoms with Crippen LogP contribution in [0.4, 0.5) is 5.69 Å². The van der Waals surface area contributed by atoms with Crippen LogP contribution in [0.1, 0.15) is 12.5 Å². The summed E-state index contributed by atoms with van der Waals surface area (Å²) in [6.45, 7) is 3.65. The van der Waals surface area contributed by atoms with Crippen LogP contribution in [0, 0.1) is 10.1 Å². The Morgan fingerprint density at radius 3 is 2.61 bits per heavy atom. The van der Waals surface area contributed by atoms with Crippen LogP contribution in [0.2, 0.25) is 0 Å². The zero-order valence-corrected chi connectivity index (χ0v) is 17.1. The minimum atomic E-state index is -0.442. The fraction of sp³-hybridized carbons (Fsp3) is 0.350. The number of amides is 1. The van der Waals surface area contributed by atoms with E-state index in [1.165, 1.54) is 23.9 Å². The Balaban J connectivity index is 1.83. The fourth-order valence-corrected chi connectivity index (χ4v) is 3.22. The third kappa shape index (κ3) is 7.21. The van der Waals surface area contributed by atoms with E-state index < -0.39 is 4.92 Å². The second kappa shape index (κ2) is 10.7. The summed E-state index contributed by atoms with van der Waals surface area (Å²) in [5.74, 6) is 0.684. The van der Waals surface area contributed by atoms with Crippen molar-refractivity contribution in [2.24, 2.45) is 0 Å². The van der Waals surface area contributed by atoms with Gasteiger partial charge in [-0.25, -0.2) is 0 Å². The molecule has 2 aromatic rings. The number of non-ortho nitro benzene ring substituents is 1. The van der Waals surface area contributed by atoms with Crippen LogP contribution in [-0.4, -0.2) is 48.2 Å². The van der Waals surface area contributed by atoms with Gasteiger partial charge in [0.25, 0.3) is 5.69 Å². The van der Waals surface area contributed by atoms with Gasteiger partial charge < -0.3 is 15.0 Å². The van der Waals surface area contributed by atoms with Gasteiger partial charge >= 0.3 is 0 Å². The molecule has 1 unspecified atom stereocenters. The molecule has 0 fully saturated rings. The minimum absolute atomic E-state index is 0.0362. The molecular formula is C20H25N3O4S. The average Bonchev–Trinajstić information content (AvgIpc) is 2.66. The van der Waals surface area contributed by atoms with Crippen molar-refractivity contribution in [3.63, 3.8) is 0 Å². The number of hydrogen-bond donors (Lipinski definition) is 1. The van der Waals surface area contributed by atoms with Crippen LogP contribution in [0.5, 0.6) is 5.75 Å². The molecule has 0 radical (unpaired) electrons. The van der Waals surface area contributed by atoms with Gasteiger partial charge in [-0.1, -0.05) is 12.1 Å². The van der Waals surface area contributed by atoms with Crippen LogP contribution in [0.25, 0.3) is 0 Å². The molecule has 0 saturated carbocycles. The molecule has 28 heavy (non-hydrogen) atoms. The lowest BCUT2D eigenvalue weighted by Crippen LogP contribution is -2.30. The highest BCUT2D eigenvalue weighted by molar-refractivity contribution is 8.00. The van der Waals surface area contributed by atoms with Crippen LogP contribution in [0.15, 0.2) is 53.4 Å². The Kier molecular flexibility index (Phi) is 8.28. The van der Waals surface area contributed by atoms with Crippen molar-refractivity contribution in [2.45, 2.75) is 23.6 Å². The summed E-state index contributed by atoms with van der Waals surface area (Å²) < 4.78 is 5.71. The lowest BCUT2D eigenvalue weighted by molar-refractivity contribution is -0.384. The molecule has 2 rings (SSSR count). The number of benzene rings is 2. The molecule has 0 heterocycles. The van der Waals surface area contributed by atoms with Gasteiger partial charge in [0.1, 0.15) is 12.4 Å². The zero-order chi connectivity index (χ0) is 20.5. The molecule has 0 saturated heterocycles. The molecule has 1 amide bonds. The second-order valence-electron chi connectivity index (χ2n) is 6.53. The predicted molar refractivity (Wildman–Crippen MR) is 111 cm³/mol. The molecule has 0 aliphatic rings. The predicted octanol–water partition coefficient (Wildman–Crippen LogP) is 3.33. The molecule has 8 heteroatoms. The first-order valence-corrected chi connectivity index (χ1v) is 9.78. The van der Waals surface area contributed by atoms with Crippen molar-refractivity contribution < 1.29 is 14.5 Å². The smallest absolute Gasteiger partial charge is 0.269 e. The monoisotopic (exact) mass is 403 g/mol. The van der Waals surface area contributed by atoms with Gasteiger partial charge in [-0.05, 0) is 50.8 Å². The number of hydrogen-bond acceptors (Lipinski definition) is 6. The van der Waals surface area contributed by atoms with E-state index in [-0.39, 0.29) is 16.8 Å². The number of likely N-dealkylation sites (N-methyl/N-ethyl adjacent to an activating group) is 1. The summed E-state index contributed by atoms with van der Waals surface area (Å²) in [5.41, 5.74) is 0.998. The van der Waals surface area contributed by atoms with E-state index in [0.717, 1.165) is 22.8 Å². The maximum atomic E-state index is 12.4. The largest absolute Gasteiger partial charge is 0.492 e. The quantitative estimate of drug-likeness (QED) is 0.372. The van der Waals surface area contributed by atoms with Gasteiger partial charge in [-0.2, -0.15) is 0 Å². The summed E-state index contributed by atoms with van der Waals surface area (Å²) in [5, 5.41) is 13.3. The Morgan fingerprint density at radius 1 is 1.25 bits per heavy atom. The SMILES string of the molecule is CC(Sc1ccc([N+](=O)[O-])cc1)C(=O)NCc1cccc(OCCN(C)C)c1. The number of nitro benzene ring substituents is 1. The summed E-state index contributed by atoms with van der Waals surface area (Å²) in [4.78, 5) is 25.5. The Hall–Kier alpha value is -2.58. The van der Waals surface area contributed by atoms with Gasteiger partial charge in [0.2, 0.25) is 5.91 Å². The number of rotatable bonds is 10. The van der Waals surface area contributed by atoms with Gasteiger partial charge in [-0.15, -0.1) is 11.8 Å². The first kappa shape index (κ1) is 21.7. The number of thioether (sulfide) groups is 1. The molecule has 0 spiro atoms. The fourth-order valence-electron chi connectivity index (χ4n) is 2.33. The van der Waals surface area contributed by atoms with Gasteiger partial charge in [-0.3, -0.25) is 14.9 Å². The van der Waals surface area contributed by atoms with Crippen molar-refractivity contribution in [1.82, 2.24) is 10.2 Å². The first-order valence-electron chi connectivity index (χ1n) is 8.90. The lowest BCUT2D eigenvalue weighted by Gasteiger charge is -2.13. The number of ether oxygens (including phenoxy) is 1. The van der Waals surface area contributed by atoms with Crippen molar-refractivity contribution in [2.75, 3.05) is 27.2 Å². The zero-order valence-electron chi connectivity index (χ0n) is 16.3. The molecule has 1 atom stereocenters. The molecular weight excluding hydrogens is 378 g/mol. The molecule has 2 aromatic carbocycles. The second-order valence-corrected chi connectivity index (χ2v) is 7.94. The minimum Gasteiger partial charge on any atom is -0.492 e. The number of nitrogens with zero attached hydrogens (tertiary/aromatic N) is 2. The highest BCUT2D eigenvalue weighted by atomic mass is 32.2. The molecule has 1 N–H and O–H groups in total. The number of carbonyl (C=O) groups excluding carboxylic acids is 1. The van der Waals surface area contributed by atoms with Gasteiger partial charge in [0.15, 0.2) is 0 Å². The summed E-state index contributed by atoms with van der Waals surface area (Å²) >= 11 is 1.36. The van der Waals surface area contributed by atoms with E-state index in [2.05, 4.69) is 5.32 Å². The van der Waals surface area contributed by atoms with Crippen molar-refractivity contribution >= 4 is 23.4 Å². The Morgan fingerprint density at radius 2 is 1.96 bits per heavy atom.